The number of benzene rings is 1. The maximum absolute atomic E-state index is 8.26. The van der Waals surface area contributed by atoms with Gasteiger partial charge < -0.3 is 5.21 Å². The molecule has 0 unspecified atom stereocenters. The van der Waals surface area contributed by atoms with Crippen molar-refractivity contribution in [2.45, 2.75) is 19.8 Å². The van der Waals surface area contributed by atoms with Crippen LogP contribution in [-0.4, -0.2) is 11.4 Å². The standard InChI is InChI=1S/C10H13NO/c1-2-3-9-4-6-10(7-5-9)8-11-12/h4-8,12H,2-3H2,1H3. The van der Waals surface area contributed by atoms with Gasteiger partial charge in [0.1, 0.15) is 0 Å². The van der Waals surface area contributed by atoms with Crippen LogP contribution >= 0.6 is 0 Å². The maximum Gasteiger partial charge on any atom is 0.0733 e. The summed E-state index contributed by atoms with van der Waals surface area (Å²) in [6, 6.07) is 8.01. The van der Waals surface area contributed by atoms with Crippen molar-refractivity contribution < 1.29 is 5.21 Å². The minimum Gasteiger partial charge on any atom is -0.411 e. The molecule has 0 spiro atoms. The maximum atomic E-state index is 8.26. The first kappa shape index (κ1) is 8.78. The molecule has 0 aromatic heterocycles. The highest BCUT2D eigenvalue weighted by molar-refractivity contribution is 5.78. The highest BCUT2D eigenvalue weighted by Gasteiger charge is 1.90. The van der Waals surface area contributed by atoms with E-state index < -0.39 is 0 Å². The molecule has 0 aliphatic rings. The quantitative estimate of drug-likeness (QED) is 0.414. The Hall–Kier alpha value is -1.31. The van der Waals surface area contributed by atoms with Crippen LogP contribution in [0.15, 0.2) is 29.4 Å². The average molecular weight is 163 g/mol. The zero-order valence-electron chi connectivity index (χ0n) is 7.20. The van der Waals surface area contributed by atoms with Gasteiger partial charge in [0.2, 0.25) is 0 Å². The lowest BCUT2D eigenvalue weighted by Gasteiger charge is -1.97. The molecule has 0 bridgehead atoms. The van der Waals surface area contributed by atoms with Crippen molar-refractivity contribution in [2.75, 3.05) is 0 Å². The van der Waals surface area contributed by atoms with Gasteiger partial charge in [0.15, 0.2) is 0 Å². The molecule has 2 nitrogen and oxygen atoms in total. The molecule has 0 atom stereocenters. The molecule has 0 amide bonds. The van der Waals surface area contributed by atoms with Crippen LogP contribution in [0.5, 0.6) is 0 Å². The molecule has 12 heavy (non-hydrogen) atoms. The Kier molecular flexibility index (Phi) is 3.33. The topological polar surface area (TPSA) is 32.6 Å². The van der Waals surface area contributed by atoms with Gasteiger partial charge in [0, 0.05) is 0 Å². The number of aryl methyl sites for hydroxylation is 1. The van der Waals surface area contributed by atoms with Crippen LogP contribution in [-0.2, 0) is 6.42 Å². The fraction of sp³-hybridized carbons (Fsp3) is 0.300. The van der Waals surface area contributed by atoms with E-state index >= 15 is 0 Å². The lowest BCUT2D eigenvalue weighted by atomic mass is 10.1. The zero-order valence-corrected chi connectivity index (χ0v) is 7.20. The zero-order chi connectivity index (χ0) is 8.81. The van der Waals surface area contributed by atoms with Gasteiger partial charge in [-0.3, -0.25) is 0 Å². The molecule has 1 N–H and O–H groups in total. The summed E-state index contributed by atoms with van der Waals surface area (Å²) in [4.78, 5) is 0. The largest absolute Gasteiger partial charge is 0.411 e. The Morgan fingerprint density at radius 2 is 2.00 bits per heavy atom. The van der Waals surface area contributed by atoms with Gasteiger partial charge >= 0.3 is 0 Å². The Morgan fingerprint density at radius 3 is 2.50 bits per heavy atom. The van der Waals surface area contributed by atoms with Gasteiger partial charge in [0.25, 0.3) is 0 Å². The van der Waals surface area contributed by atoms with Crippen molar-refractivity contribution in [3.63, 3.8) is 0 Å². The Balaban J connectivity index is 2.71. The third-order valence-electron chi connectivity index (χ3n) is 1.73. The number of rotatable bonds is 3. The van der Waals surface area contributed by atoms with Crippen LogP contribution in [0.2, 0.25) is 0 Å². The predicted molar refractivity (Wildman–Crippen MR) is 49.8 cm³/mol. The van der Waals surface area contributed by atoms with Crippen molar-refractivity contribution in [3.8, 4) is 0 Å². The average Bonchev–Trinajstić information content (AvgIpc) is 2.09. The monoisotopic (exact) mass is 163 g/mol. The molecule has 2 heteroatoms. The summed E-state index contributed by atoms with van der Waals surface area (Å²) in [7, 11) is 0. The first-order valence-corrected chi connectivity index (χ1v) is 4.13. The minimum atomic E-state index is 0.928. The molecular weight excluding hydrogens is 150 g/mol. The van der Waals surface area contributed by atoms with Crippen LogP contribution in [0, 0.1) is 0 Å². The summed E-state index contributed by atoms with van der Waals surface area (Å²) in [6.45, 7) is 2.16. The summed E-state index contributed by atoms with van der Waals surface area (Å²) in [5.74, 6) is 0. The summed E-state index contributed by atoms with van der Waals surface area (Å²) in [5.41, 5.74) is 2.25. The first-order valence-electron chi connectivity index (χ1n) is 4.13. The third-order valence-corrected chi connectivity index (χ3v) is 1.73. The molecule has 1 aromatic carbocycles. The molecule has 0 aliphatic heterocycles. The fourth-order valence-electron chi connectivity index (χ4n) is 1.13. The van der Waals surface area contributed by atoms with E-state index in [0.717, 1.165) is 18.4 Å². The molecule has 0 saturated carbocycles. The molecule has 0 heterocycles. The van der Waals surface area contributed by atoms with Crippen LogP contribution in [0.4, 0.5) is 0 Å². The molecule has 1 rings (SSSR count). The van der Waals surface area contributed by atoms with E-state index in [0.29, 0.717) is 0 Å². The predicted octanol–water partition coefficient (Wildman–Crippen LogP) is 2.45. The highest BCUT2D eigenvalue weighted by Crippen LogP contribution is 2.04. The number of nitrogens with zero attached hydrogens (tertiary/aromatic N) is 1. The van der Waals surface area contributed by atoms with Crippen LogP contribution < -0.4 is 0 Å². The SMILES string of the molecule is CCCc1ccc(C=NO)cc1. The van der Waals surface area contributed by atoms with Gasteiger partial charge in [-0.2, -0.15) is 0 Å². The van der Waals surface area contributed by atoms with Crippen LogP contribution in [0.1, 0.15) is 24.5 Å². The second-order valence-corrected chi connectivity index (χ2v) is 2.74. The number of hydrogen-bond donors (Lipinski definition) is 1. The van der Waals surface area contributed by atoms with E-state index in [1.807, 2.05) is 12.1 Å². The van der Waals surface area contributed by atoms with E-state index in [-0.39, 0.29) is 0 Å². The summed E-state index contributed by atoms with van der Waals surface area (Å²) < 4.78 is 0. The Bertz CT molecular complexity index is 251. The van der Waals surface area contributed by atoms with Gasteiger partial charge in [-0.1, -0.05) is 42.8 Å². The van der Waals surface area contributed by atoms with E-state index in [9.17, 15) is 0 Å². The number of hydrogen-bond acceptors (Lipinski definition) is 2. The summed E-state index contributed by atoms with van der Waals surface area (Å²) in [5, 5.41) is 11.2. The Morgan fingerprint density at radius 1 is 1.33 bits per heavy atom. The fourth-order valence-corrected chi connectivity index (χ4v) is 1.13. The van der Waals surface area contributed by atoms with E-state index in [1.54, 1.807) is 0 Å². The molecule has 0 aliphatic carbocycles. The minimum absolute atomic E-state index is 0.928. The van der Waals surface area contributed by atoms with Crippen LogP contribution in [0.3, 0.4) is 0 Å². The molecule has 0 saturated heterocycles. The molecule has 0 fully saturated rings. The van der Waals surface area contributed by atoms with Crippen molar-refractivity contribution in [3.05, 3.63) is 35.4 Å². The molecular formula is C10H13NO. The summed E-state index contributed by atoms with van der Waals surface area (Å²) in [6.07, 6.45) is 3.69. The lowest BCUT2D eigenvalue weighted by Crippen LogP contribution is -1.85. The van der Waals surface area contributed by atoms with Crippen molar-refractivity contribution >= 4 is 6.21 Å². The van der Waals surface area contributed by atoms with E-state index in [4.69, 9.17) is 5.21 Å². The van der Waals surface area contributed by atoms with Crippen molar-refractivity contribution in [1.82, 2.24) is 0 Å². The third kappa shape index (κ3) is 2.38. The smallest absolute Gasteiger partial charge is 0.0733 e. The normalized spacial score (nSPS) is 10.8. The van der Waals surface area contributed by atoms with E-state index in [2.05, 4.69) is 24.2 Å². The lowest BCUT2D eigenvalue weighted by molar-refractivity contribution is 0.322. The molecule has 64 valence electrons. The van der Waals surface area contributed by atoms with Crippen LogP contribution in [0.25, 0.3) is 0 Å². The molecule has 0 radical (unpaired) electrons. The Labute approximate surface area is 72.5 Å². The van der Waals surface area contributed by atoms with Gasteiger partial charge in [-0.15, -0.1) is 0 Å². The van der Waals surface area contributed by atoms with Gasteiger partial charge in [-0.25, -0.2) is 0 Å². The molecule has 1 aromatic rings. The second kappa shape index (κ2) is 4.54. The number of oxime groups is 1. The summed E-state index contributed by atoms with van der Waals surface area (Å²) >= 11 is 0. The highest BCUT2D eigenvalue weighted by atomic mass is 16.4. The van der Waals surface area contributed by atoms with E-state index in [1.165, 1.54) is 11.8 Å². The van der Waals surface area contributed by atoms with Gasteiger partial charge in [-0.05, 0) is 17.5 Å². The van der Waals surface area contributed by atoms with Crippen molar-refractivity contribution in [1.29, 1.82) is 0 Å². The van der Waals surface area contributed by atoms with Crippen molar-refractivity contribution in [2.24, 2.45) is 5.16 Å². The second-order valence-electron chi connectivity index (χ2n) is 2.74. The first-order chi connectivity index (χ1) is 5.86. The van der Waals surface area contributed by atoms with Gasteiger partial charge in [0.05, 0.1) is 6.21 Å².